The zero-order valence-corrected chi connectivity index (χ0v) is 18.0. The van der Waals surface area contributed by atoms with Crippen LogP contribution in [0.4, 0.5) is 11.4 Å². The summed E-state index contributed by atoms with van der Waals surface area (Å²) in [5.74, 6) is -0.278. The van der Waals surface area contributed by atoms with Gasteiger partial charge < -0.3 is 15.1 Å². The number of carbonyl (C=O) groups excluding carboxylic acids is 1. The lowest BCUT2D eigenvalue weighted by Crippen LogP contribution is -2.44. The lowest BCUT2D eigenvalue weighted by Gasteiger charge is -2.34. The predicted molar refractivity (Wildman–Crippen MR) is 119 cm³/mol. The fourth-order valence-corrected chi connectivity index (χ4v) is 3.84. The first-order chi connectivity index (χ1) is 12.9. The normalized spacial score (nSPS) is 14.7. The number of nitrogens with one attached hydrogen (secondary N) is 2. The molecule has 2 aromatic rings. The molecule has 1 amide bonds. The van der Waals surface area contributed by atoms with E-state index in [1.54, 1.807) is 12.1 Å². The Morgan fingerprint density at radius 2 is 1.85 bits per heavy atom. The van der Waals surface area contributed by atoms with E-state index < -0.39 is 0 Å². The topological polar surface area (TPSA) is 47.6 Å². The fourth-order valence-electron chi connectivity index (χ4n) is 2.87. The van der Waals surface area contributed by atoms with Crippen molar-refractivity contribution >= 4 is 62.1 Å². The van der Waals surface area contributed by atoms with Gasteiger partial charge in [0, 0.05) is 36.3 Å². The molecule has 142 valence electrons. The van der Waals surface area contributed by atoms with Crippen LogP contribution in [0, 0.1) is 0 Å². The van der Waals surface area contributed by atoms with E-state index >= 15 is 0 Å². The van der Waals surface area contributed by atoms with Gasteiger partial charge in [0.2, 0.25) is 0 Å². The molecule has 0 bridgehead atoms. The van der Waals surface area contributed by atoms with Crippen LogP contribution in [-0.2, 0) is 0 Å². The lowest BCUT2D eigenvalue weighted by atomic mass is 10.2. The number of hydrogen-bond acceptors (Lipinski definition) is 4. The maximum atomic E-state index is 12.3. The maximum Gasteiger partial charge on any atom is 0.258 e. The minimum atomic E-state index is -0.278. The molecule has 1 aliphatic heterocycles. The highest BCUT2D eigenvalue weighted by molar-refractivity contribution is 9.10. The number of rotatable bonds is 3. The minimum Gasteiger partial charge on any atom is -0.368 e. The van der Waals surface area contributed by atoms with Gasteiger partial charge in [0.1, 0.15) is 0 Å². The van der Waals surface area contributed by atoms with Gasteiger partial charge in [-0.1, -0.05) is 23.7 Å². The summed E-state index contributed by atoms with van der Waals surface area (Å²) in [4.78, 5) is 16.9. The predicted octanol–water partition coefficient (Wildman–Crippen LogP) is 3.98. The number of halogens is 2. The van der Waals surface area contributed by atoms with Crippen molar-refractivity contribution in [3.05, 3.63) is 57.5 Å². The van der Waals surface area contributed by atoms with Crippen LogP contribution in [-0.4, -0.2) is 49.1 Å². The van der Waals surface area contributed by atoms with Gasteiger partial charge in [0.25, 0.3) is 5.91 Å². The van der Waals surface area contributed by atoms with Crippen molar-refractivity contribution in [1.82, 2.24) is 10.2 Å². The second-order valence-corrected chi connectivity index (χ2v) is 8.01. The number of likely N-dealkylation sites (N-methyl/N-ethyl adjacent to an activating group) is 1. The quantitative estimate of drug-likeness (QED) is 0.669. The molecule has 1 heterocycles. The Morgan fingerprint density at radius 1 is 1.15 bits per heavy atom. The summed E-state index contributed by atoms with van der Waals surface area (Å²) in [6, 6.07) is 12.9. The van der Waals surface area contributed by atoms with Crippen LogP contribution in [0.3, 0.4) is 0 Å². The van der Waals surface area contributed by atoms with E-state index in [4.69, 9.17) is 23.8 Å². The highest BCUT2D eigenvalue weighted by Gasteiger charge is 2.17. The maximum absolute atomic E-state index is 12.3. The van der Waals surface area contributed by atoms with Crippen LogP contribution >= 0.6 is 39.7 Å². The Hall–Kier alpha value is -1.67. The van der Waals surface area contributed by atoms with Gasteiger partial charge in [-0.2, -0.15) is 0 Å². The van der Waals surface area contributed by atoms with Crippen LogP contribution in [0.5, 0.6) is 0 Å². The summed E-state index contributed by atoms with van der Waals surface area (Å²) >= 11 is 15.1. The van der Waals surface area contributed by atoms with E-state index in [-0.39, 0.29) is 11.0 Å². The molecule has 0 aromatic heterocycles. The van der Waals surface area contributed by atoms with Crippen LogP contribution < -0.4 is 15.5 Å². The number of hydrogen-bond donors (Lipinski definition) is 2. The molecule has 0 unspecified atom stereocenters. The zero-order valence-electron chi connectivity index (χ0n) is 14.8. The molecule has 27 heavy (non-hydrogen) atoms. The van der Waals surface area contributed by atoms with E-state index in [1.165, 1.54) is 0 Å². The lowest BCUT2D eigenvalue weighted by molar-refractivity contribution is 0.0977. The molecule has 0 spiro atoms. The van der Waals surface area contributed by atoms with Gasteiger partial charge >= 0.3 is 0 Å². The highest BCUT2D eigenvalue weighted by atomic mass is 79.9. The molecular weight excluding hydrogens is 448 g/mol. The molecule has 0 aliphatic carbocycles. The Morgan fingerprint density at radius 3 is 2.52 bits per heavy atom. The standard InChI is InChI=1S/C19H20BrClN4OS/c1-24-8-10-25(11-9-24)17-7-6-13(12-16(17)21)22-19(27)23-18(26)14-4-2-3-5-15(14)20/h2-7,12H,8-11H2,1H3,(H2,22,23,26,27). The molecule has 1 fully saturated rings. The summed E-state index contributed by atoms with van der Waals surface area (Å²) in [7, 11) is 2.12. The van der Waals surface area contributed by atoms with Gasteiger partial charge in [-0.25, -0.2) is 0 Å². The summed E-state index contributed by atoms with van der Waals surface area (Å²) in [5, 5.41) is 6.57. The molecular formula is C19H20BrClN4OS. The number of benzene rings is 2. The summed E-state index contributed by atoms with van der Waals surface area (Å²) < 4.78 is 0.713. The van der Waals surface area contributed by atoms with Gasteiger partial charge in [-0.05, 0) is 65.5 Å². The Labute approximate surface area is 177 Å². The summed E-state index contributed by atoms with van der Waals surface area (Å²) in [6.45, 7) is 3.93. The Kier molecular flexibility index (Phi) is 6.70. The van der Waals surface area contributed by atoms with E-state index in [0.29, 0.717) is 15.1 Å². The first kappa shape index (κ1) is 20.1. The molecule has 0 radical (unpaired) electrons. The van der Waals surface area contributed by atoms with Crippen molar-refractivity contribution in [3.63, 3.8) is 0 Å². The van der Waals surface area contributed by atoms with Crippen LogP contribution in [0.2, 0.25) is 5.02 Å². The SMILES string of the molecule is CN1CCN(c2ccc(NC(=S)NC(=O)c3ccccc3Br)cc2Cl)CC1. The van der Waals surface area contributed by atoms with E-state index in [2.05, 4.69) is 43.4 Å². The van der Waals surface area contributed by atoms with Gasteiger partial charge in [0.05, 0.1) is 16.3 Å². The molecule has 2 aromatic carbocycles. The van der Waals surface area contributed by atoms with Crippen LogP contribution in [0.1, 0.15) is 10.4 Å². The van der Waals surface area contributed by atoms with Crippen molar-refractivity contribution < 1.29 is 4.79 Å². The smallest absolute Gasteiger partial charge is 0.258 e. The van der Waals surface area contributed by atoms with Crippen molar-refractivity contribution in [1.29, 1.82) is 0 Å². The van der Waals surface area contributed by atoms with E-state index in [0.717, 1.165) is 37.6 Å². The number of carbonyl (C=O) groups is 1. The van der Waals surface area contributed by atoms with Crippen LogP contribution in [0.15, 0.2) is 46.9 Å². The highest BCUT2D eigenvalue weighted by Crippen LogP contribution is 2.29. The van der Waals surface area contributed by atoms with Gasteiger partial charge in [-0.3, -0.25) is 10.1 Å². The number of amides is 1. The average molecular weight is 468 g/mol. The molecule has 8 heteroatoms. The van der Waals surface area contributed by atoms with Crippen LogP contribution in [0.25, 0.3) is 0 Å². The van der Waals surface area contributed by atoms with Gasteiger partial charge in [0.15, 0.2) is 5.11 Å². The molecule has 3 rings (SSSR count). The molecule has 1 saturated heterocycles. The van der Waals surface area contributed by atoms with Crippen molar-refractivity contribution in [2.75, 3.05) is 43.4 Å². The van der Waals surface area contributed by atoms with E-state index in [9.17, 15) is 4.79 Å². The second kappa shape index (κ2) is 9.01. The molecule has 1 aliphatic rings. The molecule has 0 saturated carbocycles. The van der Waals surface area contributed by atoms with E-state index in [1.807, 2.05) is 30.3 Å². The van der Waals surface area contributed by atoms with Crippen molar-refractivity contribution in [2.45, 2.75) is 0 Å². The number of thiocarbonyl (C=S) groups is 1. The monoisotopic (exact) mass is 466 g/mol. The fraction of sp³-hybridized carbons (Fsp3) is 0.263. The first-order valence-electron chi connectivity index (χ1n) is 8.54. The third-order valence-electron chi connectivity index (χ3n) is 4.40. The van der Waals surface area contributed by atoms with Crippen molar-refractivity contribution in [2.24, 2.45) is 0 Å². The zero-order chi connectivity index (χ0) is 19.4. The number of nitrogens with zero attached hydrogens (tertiary/aromatic N) is 2. The largest absolute Gasteiger partial charge is 0.368 e. The number of anilines is 2. The molecule has 5 nitrogen and oxygen atoms in total. The first-order valence-corrected chi connectivity index (χ1v) is 10.1. The molecule has 0 atom stereocenters. The summed E-state index contributed by atoms with van der Waals surface area (Å²) in [5.41, 5.74) is 2.26. The number of piperazine rings is 1. The summed E-state index contributed by atoms with van der Waals surface area (Å²) in [6.07, 6.45) is 0. The Balaban J connectivity index is 1.62. The second-order valence-electron chi connectivity index (χ2n) is 6.34. The minimum absolute atomic E-state index is 0.221. The third kappa shape index (κ3) is 5.19. The van der Waals surface area contributed by atoms with Gasteiger partial charge in [-0.15, -0.1) is 0 Å². The third-order valence-corrected chi connectivity index (χ3v) is 5.59. The Bertz CT molecular complexity index is 855. The van der Waals surface area contributed by atoms with Crippen molar-refractivity contribution in [3.8, 4) is 0 Å². The molecule has 2 N–H and O–H groups in total. The average Bonchev–Trinajstić information content (AvgIpc) is 2.63.